The minimum absolute atomic E-state index is 0.593. The van der Waals surface area contributed by atoms with Crippen LogP contribution in [0, 0.1) is 0 Å². The molecule has 3 nitrogen and oxygen atoms in total. The van der Waals surface area contributed by atoms with Crippen molar-refractivity contribution in [2.24, 2.45) is 0 Å². The Morgan fingerprint density at radius 1 is 1.13 bits per heavy atom. The summed E-state index contributed by atoms with van der Waals surface area (Å²) in [4.78, 5) is 0. The van der Waals surface area contributed by atoms with Crippen LogP contribution in [0.2, 0.25) is 0 Å². The van der Waals surface area contributed by atoms with Crippen LogP contribution >= 0.6 is 0 Å². The third kappa shape index (κ3) is 3.35. The maximum absolute atomic E-state index is 5.90. The fourth-order valence-electron chi connectivity index (χ4n) is 1.26. The van der Waals surface area contributed by atoms with Crippen molar-refractivity contribution in [3.05, 3.63) is 18.2 Å². The molecule has 0 aliphatic carbocycles. The quantitative estimate of drug-likeness (QED) is 0.578. The number of nitrogen functional groups attached to an aromatic ring is 1. The van der Waals surface area contributed by atoms with Crippen molar-refractivity contribution in [1.29, 1.82) is 0 Å². The summed E-state index contributed by atoms with van der Waals surface area (Å²) in [5, 5.41) is 0. The lowest BCUT2D eigenvalue weighted by atomic mass is 10.2. The Bertz CT molecular complexity index is 300. The topological polar surface area (TPSA) is 44.5 Å². The van der Waals surface area contributed by atoms with Crippen molar-refractivity contribution in [3.8, 4) is 11.5 Å². The summed E-state index contributed by atoms with van der Waals surface area (Å²) in [7, 11) is 0. The monoisotopic (exact) mass is 209 g/mol. The van der Waals surface area contributed by atoms with Crippen LogP contribution in [-0.2, 0) is 0 Å². The first-order valence-corrected chi connectivity index (χ1v) is 5.43. The van der Waals surface area contributed by atoms with E-state index < -0.39 is 0 Å². The molecule has 0 aliphatic heterocycles. The van der Waals surface area contributed by atoms with Gasteiger partial charge in [-0.1, -0.05) is 19.4 Å². The number of para-hydroxylation sites is 1. The predicted octanol–water partition coefficient (Wildman–Crippen LogP) is 2.85. The van der Waals surface area contributed by atoms with E-state index in [1.165, 1.54) is 0 Å². The predicted molar refractivity (Wildman–Crippen MR) is 62.4 cm³/mol. The zero-order valence-electron chi connectivity index (χ0n) is 9.45. The average molecular weight is 209 g/mol. The van der Waals surface area contributed by atoms with E-state index in [9.17, 15) is 0 Å². The molecule has 0 unspecified atom stereocenters. The number of anilines is 1. The van der Waals surface area contributed by atoms with E-state index in [0.29, 0.717) is 24.7 Å². The van der Waals surface area contributed by atoms with Gasteiger partial charge in [-0.15, -0.1) is 0 Å². The van der Waals surface area contributed by atoms with Gasteiger partial charge in [0.25, 0.3) is 0 Å². The number of nitrogens with two attached hydrogens (primary N) is 1. The maximum Gasteiger partial charge on any atom is 0.146 e. The molecule has 1 aromatic rings. The Morgan fingerprint density at radius 2 is 1.80 bits per heavy atom. The maximum atomic E-state index is 5.90. The number of unbranched alkanes of at least 4 members (excludes halogenated alkanes) is 1. The van der Waals surface area contributed by atoms with Crippen LogP contribution in [0.15, 0.2) is 18.2 Å². The summed E-state index contributed by atoms with van der Waals surface area (Å²) in [5.74, 6) is 1.42. The van der Waals surface area contributed by atoms with E-state index in [0.717, 1.165) is 18.6 Å². The Morgan fingerprint density at radius 3 is 2.40 bits per heavy atom. The molecule has 1 rings (SSSR count). The lowest BCUT2D eigenvalue weighted by molar-refractivity contribution is 0.305. The third-order valence-electron chi connectivity index (χ3n) is 2.08. The molecule has 0 saturated heterocycles. The second-order valence-electron chi connectivity index (χ2n) is 3.30. The molecular weight excluding hydrogens is 190 g/mol. The molecule has 2 N–H and O–H groups in total. The number of benzene rings is 1. The van der Waals surface area contributed by atoms with Crippen LogP contribution in [0.3, 0.4) is 0 Å². The Balaban J connectivity index is 2.66. The normalized spacial score (nSPS) is 10.0. The molecule has 0 atom stereocenters. The SMILES string of the molecule is CCCCOc1cccc(OCC)c1N. The highest BCUT2D eigenvalue weighted by Crippen LogP contribution is 2.31. The van der Waals surface area contributed by atoms with Gasteiger partial charge in [-0.25, -0.2) is 0 Å². The first kappa shape index (κ1) is 11.7. The molecule has 0 radical (unpaired) electrons. The molecule has 3 heteroatoms. The van der Waals surface area contributed by atoms with Gasteiger partial charge < -0.3 is 15.2 Å². The minimum atomic E-state index is 0.593. The zero-order valence-corrected chi connectivity index (χ0v) is 9.45. The van der Waals surface area contributed by atoms with Gasteiger partial charge in [0.15, 0.2) is 0 Å². The average Bonchev–Trinajstić information content (AvgIpc) is 2.24. The number of hydrogen-bond acceptors (Lipinski definition) is 3. The van der Waals surface area contributed by atoms with Gasteiger partial charge in [0.2, 0.25) is 0 Å². The van der Waals surface area contributed by atoms with Gasteiger partial charge in [-0.05, 0) is 25.5 Å². The summed E-state index contributed by atoms with van der Waals surface area (Å²) in [6, 6.07) is 5.61. The molecule has 15 heavy (non-hydrogen) atoms. The molecular formula is C12H19NO2. The molecule has 0 saturated carbocycles. The Kier molecular flexibility index (Phi) is 4.81. The zero-order chi connectivity index (χ0) is 11.1. The van der Waals surface area contributed by atoms with Crippen LogP contribution in [0.1, 0.15) is 26.7 Å². The summed E-state index contributed by atoms with van der Waals surface area (Å²) in [6.07, 6.45) is 2.16. The molecule has 0 bridgehead atoms. The van der Waals surface area contributed by atoms with Crippen molar-refractivity contribution in [1.82, 2.24) is 0 Å². The second-order valence-corrected chi connectivity index (χ2v) is 3.30. The van der Waals surface area contributed by atoms with E-state index in [1.807, 2.05) is 25.1 Å². The van der Waals surface area contributed by atoms with Crippen LogP contribution in [0.25, 0.3) is 0 Å². The smallest absolute Gasteiger partial charge is 0.146 e. The Hall–Kier alpha value is -1.38. The van der Waals surface area contributed by atoms with Gasteiger partial charge >= 0.3 is 0 Å². The largest absolute Gasteiger partial charge is 0.492 e. The molecule has 1 aromatic carbocycles. The highest BCUT2D eigenvalue weighted by atomic mass is 16.5. The van der Waals surface area contributed by atoms with Gasteiger partial charge in [0.05, 0.1) is 13.2 Å². The lowest BCUT2D eigenvalue weighted by Crippen LogP contribution is -2.02. The summed E-state index contributed by atoms with van der Waals surface area (Å²) in [6.45, 7) is 5.38. The van der Waals surface area contributed by atoms with Crippen LogP contribution < -0.4 is 15.2 Å². The summed E-state index contributed by atoms with van der Waals surface area (Å²) in [5.41, 5.74) is 6.49. The van der Waals surface area contributed by atoms with Crippen LogP contribution in [0.4, 0.5) is 5.69 Å². The molecule has 0 spiro atoms. The molecule has 0 aliphatic rings. The first-order chi connectivity index (χ1) is 7.29. The van der Waals surface area contributed by atoms with E-state index in [1.54, 1.807) is 0 Å². The van der Waals surface area contributed by atoms with E-state index in [2.05, 4.69) is 6.92 Å². The van der Waals surface area contributed by atoms with Gasteiger partial charge in [0.1, 0.15) is 17.2 Å². The van der Waals surface area contributed by atoms with Crippen LogP contribution in [-0.4, -0.2) is 13.2 Å². The van der Waals surface area contributed by atoms with Crippen molar-refractivity contribution in [2.75, 3.05) is 18.9 Å². The number of rotatable bonds is 6. The standard InChI is InChI=1S/C12H19NO2/c1-3-5-9-15-11-8-6-7-10(12(11)13)14-4-2/h6-8H,3-5,9,13H2,1-2H3. The second kappa shape index (κ2) is 6.17. The highest BCUT2D eigenvalue weighted by molar-refractivity contribution is 5.62. The molecule has 84 valence electrons. The Labute approximate surface area is 91.2 Å². The van der Waals surface area contributed by atoms with Crippen molar-refractivity contribution in [2.45, 2.75) is 26.7 Å². The third-order valence-corrected chi connectivity index (χ3v) is 2.08. The summed E-state index contributed by atoms with van der Waals surface area (Å²) >= 11 is 0. The molecule has 0 amide bonds. The molecule has 0 heterocycles. The first-order valence-electron chi connectivity index (χ1n) is 5.43. The van der Waals surface area contributed by atoms with E-state index in [-0.39, 0.29) is 0 Å². The number of hydrogen-bond donors (Lipinski definition) is 1. The van der Waals surface area contributed by atoms with Crippen molar-refractivity contribution < 1.29 is 9.47 Å². The molecule has 0 fully saturated rings. The van der Waals surface area contributed by atoms with E-state index in [4.69, 9.17) is 15.2 Å². The fourth-order valence-corrected chi connectivity index (χ4v) is 1.26. The summed E-state index contributed by atoms with van der Waals surface area (Å²) < 4.78 is 10.9. The lowest BCUT2D eigenvalue weighted by Gasteiger charge is -2.12. The van der Waals surface area contributed by atoms with Crippen molar-refractivity contribution in [3.63, 3.8) is 0 Å². The van der Waals surface area contributed by atoms with Gasteiger partial charge in [-0.2, -0.15) is 0 Å². The van der Waals surface area contributed by atoms with Crippen molar-refractivity contribution >= 4 is 5.69 Å². The van der Waals surface area contributed by atoms with Gasteiger partial charge in [-0.3, -0.25) is 0 Å². The fraction of sp³-hybridized carbons (Fsp3) is 0.500. The minimum Gasteiger partial charge on any atom is -0.492 e. The van der Waals surface area contributed by atoms with E-state index >= 15 is 0 Å². The molecule has 0 aromatic heterocycles. The van der Waals surface area contributed by atoms with Gasteiger partial charge in [0, 0.05) is 0 Å². The number of ether oxygens (including phenoxy) is 2. The highest BCUT2D eigenvalue weighted by Gasteiger charge is 2.05. The van der Waals surface area contributed by atoms with Crippen LogP contribution in [0.5, 0.6) is 11.5 Å².